The van der Waals surface area contributed by atoms with Gasteiger partial charge in [-0.2, -0.15) is 0 Å². The van der Waals surface area contributed by atoms with E-state index in [0.29, 0.717) is 37.1 Å². The average Bonchev–Trinajstić information content (AvgIpc) is 2.73. The molecule has 2 aromatic carbocycles. The van der Waals surface area contributed by atoms with E-state index in [2.05, 4.69) is 36.5 Å². The molecule has 0 aliphatic rings. The molecule has 158 valence electrons. The van der Waals surface area contributed by atoms with Gasteiger partial charge in [0, 0.05) is 28.2 Å². The second kappa shape index (κ2) is 10.7. The quantitative estimate of drug-likeness (QED) is 0.339. The summed E-state index contributed by atoms with van der Waals surface area (Å²) in [7, 11) is 1.58. The number of benzene rings is 2. The molecule has 0 fully saturated rings. The zero-order valence-corrected chi connectivity index (χ0v) is 18.4. The average molecular weight is 475 g/mol. The molecule has 0 bridgehead atoms. The van der Waals surface area contributed by atoms with Crippen LogP contribution < -0.4 is 20.1 Å². The maximum Gasteiger partial charge on any atom is 0.319 e. The second-order valence-corrected chi connectivity index (χ2v) is 7.12. The smallest absolute Gasteiger partial charge is 0.319 e. The molecule has 8 nitrogen and oxygen atoms in total. The van der Waals surface area contributed by atoms with Gasteiger partial charge in [0.2, 0.25) is 0 Å². The number of halogens is 1. The van der Waals surface area contributed by atoms with Crippen molar-refractivity contribution in [3.05, 3.63) is 47.2 Å². The lowest BCUT2D eigenvalue weighted by atomic mass is 10.2. The Balaban J connectivity index is 1.74. The highest BCUT2D eigenvalue weighted by Gasteiger charge is 2.12. The number of nitrogens with one attached hydrogen (secondary N) is 2. The van der Waals surface area contributed by atoms with E-state index in [9.17, 15) is 4.79 Å². The molecule has 0 atom stereocenters. The fourth-order valence-electron chi connectivity index (χ4n) is 2.77. The molecule has 0 spiro atoms. The molecule has 9 heteroatoms. The minimum absolute atomic E-state index is 0.139. The summed E-state index contributed by atoms with van der Waals surface area (Å²) in [4.78, 5) is 20.1. The van der Waals surface area contributed by atoms with E-state index in [0.717, 1.165) is 21.1 Å². The molecular weight excluding hydrogens is 452 g/mol. The van der Waals surface area contributed by atoms with E-state index in [4.69, 9.17) is 14.2 Å². The van der Waals surface area contributed by atoms with E-state index in [1.165, 1.54) is 6.33 Å². The van der Waals surface area contributed by atoms with Crippen molar-refractivity contribution < 1.29 is 19.0 Å². The first-order valence-corrected chi connectivity index (χ1v) is 10.2. The second-order valence-electron chi connectivity index (χ2n) is 6.21. The lowest BCUT2D eigenvalue weighted by Gasteiger charge is -2.14. The molecule has 3 aromatic rings. The summed E-state index contributed by atoms with van der Waals surface area (Å²) in [6.45, 7) is 3.11. The fraction of sp³-hybridized carbons (Fsp3) is 0.286. The Morgan fingerprint density at radius 2 is 2.03 bits per heavy atom. The minimum atomic E-state index is -0.291. The molecule has 0 aliphatic heterocycles. The Hall–Kier alpha value is -2.91. The molecular formula is C21H23BrN4O4. The largest absolute Gasteiger partial charge is 0.493 e. The topological polar surface area (TPSA) is 94.6 Å². The molecule has 3 rings (SSSR count). The van der Waals surface area contributed by atoms with Crippen LogP contribution in [0.25, 0.3) is 10.9 Å². The van der Waals surface area contributed by atoms with Gasteiger partial charge in [0.1, 0.15) is 18.8 Å². The summed E-state index contributed by atoms with van der Waals surface area (Å²) in [6, 6.07) is 11.5. The van der Waals surface area contributed by atoms with Crippen LogP contribution in [-0.2, 0) is 9.53 Å². The molecule has 0 saturated heterocycles. The van der Waals surface area contributed by atoms with Crippen LogP contribution in [0.5, 0.6) is 11.5 Å². The van der Waals surface area contributed by atoms with Crippen LogP contribution in [0.4, 0.5) is 11.5 Å². The predicted octanol–water partition coefficient (Wildman–Crippen LogP) is 3.68. The third kappa shape index (κ3) is 5.80. The van der Waals surface area contributed by atoms with Gasteiger partial charge in [0.15, 0.2) is 11.5 Å². The molecule has 30 heavy (non-hydrogen) atoms. The van der Waals surface area contributed by atoms with Crippen molar-refractivity contribution in [1.82, 2.24) is 15.3 Å². The van der Waals surface area contributed by atoms with Crippen molar-refractivity contribution in [3.8, 4) is 11.5 Å². The van der Waals surface area contributed by atoms with Gasteiger partial charge in [0.05, 0.1) is 25.8 Å². The number of ether oxygens (including phenoxy) is 3. The van der Waals surface area contributed by atoms with Gasteiger partial charge in [-0.15, -0.1) is 0 Å². The third-order valence-corrected chi connectivity index (χ3v) is 4.61. The Morgan fingerprint density at radius 1 is 1.17 bits per heavy atom. The van der Waals surface area contributed by atoms with E-state index < -0.39 is 0 Å². The van der Waals surface area contributed by atoms with Crippen LogP contribution in [-0.4, -0.2) is 49.4 Å². The molecule has 1 heterocycles. The van der Waals surface area contributed by atoms with E-state index in [1.54, 1.807) is 14.0 Å². The Bertz CT molecular complexity index is 1020. The van der Waals surface area contributed by atoms with Crippen molar-refractivity contribution >= 4 is 44.3 Å². The zero-order valence-electron chi connectivity index (χ0n) is 16.8. The number of nitrogens with zero attached hydrogens (tertiary/aromatic N) is 2. The van der Waals surface area contributed by atoms with Crippen molar-refractivity contribution in [3.63, 3.8) is 0 Å². The number of esters is 1. The molecule has 0 amide bonds. The fourth-order valence-corrected chi connectivity index (χ4v) is 3.17. The first-order valence-electron chi connectivity index (χ1n) is 9.45. The van der Waals surface area contributed by atoms with E-state index >= 15 is 0 Å². The standard InChI is InChI=1S/C21H23BrN4O4/c1-3-29-20(27)12-23-7-8-30-19-10-16-17(11-18(19)28-2)24-13-25-21(16)26-15-6-4-5-14(22)9-15/h4-6,9-11,13,23H,3,7-8,12H2,1-2H3,(H,24,25,26). The summed E-state index contributed by atoms with van der Waals surface area (Å²) >= 11 is 3.47. The summed E-state index contributed by atoms with van der Waals surface area (Å²) in [6.07, 6.45) is 1.50. The van der Waals surface area contributed by atoms with Crippen LogP contribution in [0.3, 0.4) is 0 Å². The van der Waals surface area contributed by atoms with Crippen molar-refractivity contribution in [1.29, 1.82) is 0 Å². The molecule has 0 saturated carbocycles. The van der Waals surface area contributed by atoms with Crippen LogP contribution in [0.15, 0.2) is 47.2 Å². The van der Waals surface area contributed by atoms with Gasteiger partial charge in [-0.3, -0.25) is 4.79 Å². The summed E-state index contributed by atoms with van der Waals surface area (Å²) < 4.78 is 17.2. The number of rotatable bonds is 10. The van der Waals surface area contributed by atoms with Gasteiger partial charge in [-0.1, -0.05) is 22.0 Å². The predicted molar refractivity (Wildman–Crippen MR) is 119 cm³/mol. The summed E-state index contributed by atoms with van der Waals surface area (Å²) in [5.41, 5.74) is 1.62. The van der Waals surface area contributed by atoms with Gasteiger partial charge < -0.3 is 24.8 Å². The van der Waals surface area contributed by atoms with Crippen LogP contribution >= 0.6 is 15.9 Å². The number of carbonyl (C=O) groups is 1. The van der Waals surface area contributed by atoms with Gasteiger partial charge in [-0.25, -0.2) is 9.97 Å². The Morgan fingerprint density at radius 3 is 2.80 bits per heavy atom. The SMILES string of the molecule is CCOC(=O)CNCCOc1cc2c(Nc3cccc(Br)c3)ncnc2cc1OC. The monoisotopic (exact) mass is 474 g/mol. The number of aromatic nitrogens is 2. The molecule has 1 aromatic heterocycles. The van der Waals surface area contributed by atoms with Crippen molar-refractivity contribution in [2.75, 3.05) is 38.7 Å². The maximum absolute atomic E-state index is 11.4. The maximum atomic E-state index is 11.4. The molecule has 0 unspecified atom stereocenters. The number of carbonyl (C=O) groups excluding carboxylic acids is 1. The van der Waals surface area contributed by atoms with E-state index in [1.807, 2.05) is 36.4 Å². The highest BCUT2D eigenvalue weighted by molar-refractivity contribution is 9.10. The highest BCUT2D eigenvalue weighted by Crippen LogP contribution is 2.34. The number of methoxy groups -OCH3 is 1. The number of hydrogen-bond acceptors (Lipinski definition) is 8. The lowest BCUT2D eigenvalue weighted by molar-refractivity contribution is -0.142. The van der Waals surface area contributed by atoms with Crippen LogP contribution in [0, 0.1) is 0 Å². The van der Waals surface area contributed by atoms with Gasteiger partial charge in [0.25, 0.3) is 0 Å². The van der Waals surface area contributed by atoms with Crippen molar-refractivity contribution in [2.45, 2.75) is 6.92 Å². The van der Waals surface area contributed by atoms with Crippen LogP contribution in [0.1, 0.15) is 6.92 Å². The van der Waals surface area contributed by atoms with Gasteiger partial charge >= 0.3 is 5.97 Å². The molecule has 0 aliphatic carbocycles. The Kier molecular flexibility index (Phi) is 7.81. The minimum Gasteiger partial charge on any atom is -0.493 e. The first-order chi connectivity index (χ1) is 14.6. The number of hydrogen-bond donors (Lipinski definition) is 2. The summed E-state index contributed by atoms with van der Waals surface area (Å²) in [5.74, 6) is 1.50. The van der Waals surface area contributed by atoms with E-state index in [-0.39, 0.29) is 12.5 Å². The number of fused-ring (bicyclic) bond motifs is 1. The highest BCUT2D eigenvalue weighted by atomic mass is 79.9. The van der Waals surface area contributed by atoms with Gasteiger partial charge in [-0.05, 0) is 31.2 Å². The first kappa shape index (κ1) is 21.8. The summed E-state index contributed by atoms with van der Waals surface area (Å²) in [5, 5.41) is 7.09. The normalized spacial score (nSPS) is 10.6. The zero-order chi connectivity index (χ0) is 21.3. The number of anilines is 2. The third-order valence-electron chi connectivity index (χ3n) is 4.12. The Labute approximate surface area is 183 Å². The lowest BCUT2D eigenvalue weighted by Crippen LogP contribution is -2.28. The molecule has 0 radical (unpaired) electrons. The van der Waals surface area contributed by atoms with Crippen LogP contribution in [0.2, 0.25) is 0 Å². The van der Waals surface area contributed by atoms with Crippen molar-refractivity contribution in [2.24, 2.45) is 0 Å². The molecule has 2 N–H and O–H groups in total.